The van der Waals surface area contributed by atoms with Gasteiger partial charge in [-0.3, -0.25) is 4.57 Å². The first-order valence-electron chi connectivity index (χ1n) is 6.16. The van der Waals surface area contributed by atoms with E-state index in [4.69, 9.17) is 16.0 Å². The molecule has 1 heterocycles. The van der Waals surface area contributed by atoms with Gasteiger partial charge in [-0.15, -0.1) is 11.6 Å². The van der Waals surface area contributed by atoms with Crippen LogP contribution in [0.1, 0.15) is 16.5 Å². The predicted molar refractivity (Wildman–Crippen MR) is 83.3 cm³/mol. The van der Waals surface area contributed by atoms with Crippen LogP contribution in [0.2, 0.25) is 0 Å². The third-order valence-corrected chi connectivity index (χ3v) is 4.52. The number of alkyl halides is 1. The first kappa shape index (κ1) is 14.4. The summed E-state index contributed by atoms with van der Waals surface area (Å²) in [5.74, 6) is -0.754. The van der Waals surface area contributed by atoms with Crippen LogP contribution in [0.4, 0.5) is 4.39 Å². The van der Waals surface area contributed by atoms with E-state index in [1.54, 1.807) is 25.2 Å². The Morgan fingerprint density at radius 2 is 2.05 bits per heavy atom. The second-order valence-corrected chi connectivity index (χ2v) is 5.97. The number of rotatable bonds is 2. The molecular weight excluding hydrogens is 361 g/mol. The van der Waals surface area contributed by atoms with Crippen molar-refractivity contribution in [2.75, 3.05) is 0 Å². The zero-order chi connectivity index (χ0) is 15.1. The lowest BCUT2D eigenvalue weighted by atomic mass is 10.0. The fraction of sp³-hybridized carbons (Fsp3) is 0.133. The van der Waals surface area contributed by atoms with E-state index in [1.807, 2.05) is 6.07 Å². The van der Waals surface area contributed by atoms with Crippen LogP contribution in [-0.4, -0.2) is 4.57 Å². The third kappa shape index (κ3) is 2.51. The fourth-order valence-electron chi connectivity index (χ4n) is 2.19. The standard InChI is InChI=1S/C15H10BrClFNO2/c1-19-12-5-2-8(6-13(12)21-15(19)20)14(17)10-4-3-9(18)7-11(10)16/h2-7,14H,1H3. The molecule has 0 bridgehead atoms. The van der Waals surface area contributed by atoms with Gasteiger partial charge in [0.1, 0.15) is 5.82 Å². The highest BCUT2D eigenvalue weighted by molar-refractivity contribution is 9.10. The monoisotopic (exact) mass is 369 g/mol. The van der Waals surface area contributed by atoms with E-state index in [2.05, 4.69) is 15.9 Å². The Hall–Kier alpha value is -1.59. The number of halogens is 3. The first-order valence-corrected chi connectivity index (χ1v) is 7.39. The molecule has 0 saturated carbocycles. The molecule has 3 aromatic rings. The molecule has 0 N–H and O–H groups in total. The van der Waals surface area contributed by atoms with Gasteiger partial charge in [-0.2, -0.15) is 0 Å². The summed E-state index contributed by atoms with van der Waals surface area (Å²) in [5.41, 5.74) is 2.69. The lowest BCUT2D eigenvalue weighted by molar-refractivity contribution is 0.528. The van der Waals surface area contributed by atoms with Crippen LogP contribution in [0.5, 0.6) is 0 Å². The average Bonchev–Trinajstić information content (AvgIpc) is 2.73. The molecule has 6 heteroatoms. The topological polar surface area (TPSA) is 35.1 Å². The minimum atomic E-state index is -0.477. The number of nitrogens with zero attached hydrogens (tertiary/aromatic N) is 1. The van der Waals surface area contributed by atoms with Gasteiger partial charge >= 0.3 is 5.76 Å². The highest BCUT2D eigenvalue weighted by Gasteiger charge is 2.16. The molecule has 1 unspecified atom stereocenters. The van der Waals surface area contributed by atoms with Crippen LogP contribution in [0.3, 0.4) is 0 Å². The van der Waals surface area contributed by atoms with Gasteiger partial charge in [0.15, 0.2) is 5.58 Å². The van der Waals surface area contributed by atoms with E-state index in [1.165, 1.54) is 16.7 Å². The molecule has 0 radical (unpaired) electrons. The van der Waals surface area contributed by atoms with Crippen LogP contribution in [-0.2, 0) is 7.05 Å². The summed E-state index contributed by atoms with van der Waals surface area (Å²) < 4.78 is 20.3. The molecule has 2 aromatic carbocycles. The summed E-state index contributed by atoms with van der Waals surface area (Å²) in [6, 6.07) is 9.68. The number of fused-ring (bicyclic) bond motifs is 1. The van der Waals surface area contributed by atoms with Crippen molar-refractivity contribution in [2.45, 2.75) is 5.38 Å². The molecular formula is C15H10BrClFNO2. The molecule has 3 nitrogen and oxygen atoms in total. The SMILES string of the molecule is Cn1c(=O)oc2cc(C(Cl)c3ccc(F)cc3Br)ccc21. The number of aryl methyl sites for hydroxylation is 1. The molecule has 1 atom stereocenters. The van der Waals surface area contributed by atoms with Crippen molar-refractivity contribution in [1.82, 2.24) is 4.57 Å². The Balaban J connectivity index is 2.09. The molecule has 0 fully saturated rings. The molecule has 0 saturated heterocycles. The number of aromatic nitrogens is 1. The molecule has 0 amide bonds. The summed E-state index contributed by atoms with van der Waals surface area (Å²) in [4.78, 5) is 11.5. The van der Waals surface area contributed by atoms with E-state index in [0.29, 0.717) is 15.6 Å². The average molecular weight is 371 g/mol. The largest absolute Gasteiger partial charge is 0.419 e. The lowest BCUT2D eigenvalue weighted by Crippen LogP contribution is -2.08. The van der Waals surface area contributed by atoms with Crippen molar-refractivity contribution in [1.29, 1.82) is 0 Å². The minimum Gasteiger partial charge on any atom is -0.408 e. The van der Waals surface area contributed by atoms with Gasteiger partial charge < -0.3 is 4.42 Å². The van der Waals surface area contributed by atoms with Crippen LogP contribution >= 0.6 is 27.5 Å². The van der Waals surface area contributed by atoms with Crippen molar-refractivity contribution < 1.29 is 8.81 Å². The second kappa shape index (κ2) is 5.31. The third-order valence-electron chi connectivity index (χ3n) is 3.34. The molecule has 3 rings (SSSR count). The zero-order valence-corrected chi connectivity index (χ0v) is 13.3. The van der Waals surface area contributed by atoms with E-state index >= 15 is 0 Å². The van der Waals surface area contributed by atoms with E-state index in [9.17, 15) is 9.18 Å². The van der Waals surface area contributed by atoms with Gasteiger partial charge in [0.05, 0.1) is 10.9 Å². The second-order valence-electron chi connectivity index (χ2n) is 4.68. The number of benzene rings is 2. The smallest absolute Gasteiger partial charge is 0.408 e. The van der Waals surface area contributed by atoms with Crippen molar-refractivity contribution in [3.8, 4) is 0 Å². The highest BCUT2D eigenvalue weighted by Crippen LogP contribution is 2.35. The maximum atomic E-state index is 13.1. The minimum absolute atomic E-state index is 0.334. The molecule has 0 aliphatic heterocycles. The highest BCUT2D eigenvalue weighted by atomic mass is 79.9. The van der Waals surface area contributed by atoms with E-state index in [0.717, 1.165) is 11.1 Å². The van der Waals surface area contributed by atoms with Crippen LogP contribution in [0.15, 0.2) is 50.1 Å². The van der Waals surface area contributed by atoms with Crippen LogP contribution in [0, 0.1) is 5.82 Å². The number of hydrogen-bond donors (Lipinski definition) is 0. The summed E-state index contributed by atoms with van der Waals surface area (Å²) in [7, 11) is 1.64. The summed E-state index contributed by atoms with van der Waals surface area (Å²) in [6.07, 6.45) is 0. The Bertz CT molecular complexity index is 887. The summed E-state index contributed by atoms with van der Waals surface area (Å²) in [5, 5.41) is -0.477. The maximum Gasteiger partial charge on any atom is 0.419 e. The van der Waals surface area contributed by atoms with Gasteiger partial charge in [0, 0.05) is 11.5 Å². The Morgan fingerprint density at radius 1 is 1.29 bits per heavy atom. The van der Waals surface area contributed by atoms with Crippen LogP contribution < -0.4 is 5.76 Å². The van der Waals surface area contributed by atoms with Gasteiger partial charge in [-0.05, 0) is 35.4 Å². The van der Waals surface area contributed by atoms with Gasteiger partial charge in [-0.25, -0.2) is 9.18 Å². The molecule has 21 heavy (non-hydrogen) atoms. The number of hydrogen-bond acceptors (Lipinski definition) is 2. The molecule has 0 aliphatic rings. The lowest BCUT2D eigenvalue weighted by Gasteiger charge is -2.12. The predicted octanol–water partition coefficient (Wildman–Crippen LogP) is 4.36. The Labute approximate surface area is 133 Å². The van der Waals surface area contributed by atoms with E-state index < -0.39 is 11.1 Å². The van der Waals surface area contributed by atoms with Gasteiger partial charge in [-0.1, -0.05) is 28.1 Å². The van der Waals surface area contributed by atoms with Gasteiger partial charge in [0.25, 0.3) is 0 Å². The molecule has 0 aliphatic carbocycles. The van der Waals surface area contributed by atoms with Crippen molar-refractivity contribution in [3.05, 3.63) is 68.4 Å². The van der Waals surface area contributed by atoms with Crippen molar-refractivity contribution in [3.63, 3.8) is 0 Å². The Kier molecular flexibility index (Phi) is 3.63. The quantitative estimate of drug-likeness (QED) is 0.628. The Morgan fingerprint density at radius 3 is 2.76 bits per heavy atom. The summed E-state index contributed by atoms with van der Waals surface area (Å²) in [6.45, 7) is 0. The van der Waals surface area contributed by atoms with E-state index in [-0.39, 0.29) is 5.82 Å². The first-order chi connectivity index (χ1) is 9.97. The molecule has 108 valence electrons. The summed E-state index contributed by atoms with van der Waals surface area (Å²) >= 11 is 9.77. The normalized spacial score (nSPS) is 12.8. The van der Waals surface area contributed by atoms with Crippen LogP contribution in [0.25, 0.3) is 11.1 Å². The van der Waals surface area contributed by atoms with Crippen molar-refractivity contribution >= 4 is 38.6 Å². The molecule has 1 aromatic heterocycles. The maximum absolute atomic E-state index is 13.1. The zero-order valence-electron chi connectivity index (χ0n) is 10.9. The molecule has 0 spiro atoms. The van der Waals surface area contributed by atoms with Gasteiger partial charge in [0.2, 0.25) is 0 Å². The number of oxazole rings is 1. The van der Waals surface area contributed by atoms with Crippen molar-refractivity contribution in [2.24, 2.45) is 7.05 Å². The fourth-order valence-corrected chi connectivity index (χ4v) is 3.23.